The van der Waals surface area contributed by atoms with Crippen molar-refractivity contribution in [2.75, 3.05) is 13.7 Å². The number of halogens is 2. The molecule has 5 heteroatoms. The SMILES string of the molecule is COc1cc(CC(F)(F)CN)ccc1O. The molecule has 0 heterocycles. The van der Waals surface area contributed by atoms with Gasteiger partial charge < -0.3 is 15.6 Å². The summed E-state index contributed by atoms with van der Waals surface area (Å²) in [7, 11) is 1.36. The molecule has 0 aliphatic heterocycles. The molecule has 0 fully saturated rings. The summed E-state index contributed by atoms with van der Waals surface area (Å²) in [5.74, 6) is -2.82. The monoisotopic (exact) mass is 217 g/mol. The van der Waals surface area contributed by atoms with Crippen LogP contribution in [0.4, 0.5) is 8.78 Å². The Hall–Kier alpha value is -1.36. The topological polar surface area (TPSA) is 55.5 Å². The number of phenolic OH excluding ortho intramolecular Hbond substituents is 1. The van der Waals surface area contributed by atoms with Crippen LogP contribution < -0.4 is 10.5 Å². The maximum Gasteiger partial charge on any atom is 0.264 e. The Morgan fingerprint density at radius 3 is 2.67 bits per heavy atom. The number of ether oxygens (including phenoxy) is 1. The maximum absolute atomic E-state index is 12.9. The fraction of sp³-hybridized carbons (Fsp3) is 0.400. The number of benzene rings is 1. The smallest absolute Gasteiger partial charge is 0.264 e. The first kappa shape index (κ1) is 11.7. The molecule has 0 bridgehead atoms. The molecule has 0 aliphatic carbocycles. The molecule has 0 unspecified atom stereocenters. The molecule has 0 aliphatic rings. The van der Waals surface area contributed by atoms with Crippen molar-refractivity contribution < 1.29 is 18.6 Å². The Labute approximate surface area is 86.5 Å². The van der Waals surface area contributed by atoms with E-state index in [9.17, 15) is 13.9 Å². The van der Waals surface area contributed by atoms with Gasteiger partial charge in [0.2, 0.25) is 0 Å². The highest BCUT2D eigenvalue weighted by atomic mass is 19.3. The van der Waals surface area contributed by atoms with Crippen LogP contribution in [0.25, 0.3) is 0 Å². The predicted octanol–water partition coefficient (Wildman–Crippen LogP) is 1.54. The molecule has 0 saturated heterocycles. The van der Waals surface area contributed by atoms with E-state index in [1.807, 2.05) is 0 Å². The first-order valence-electron chi connectivity index (χ1n) is 4.42. The van der Waals surface area contributed by atoms with Crippen molar-refractivity contribution in [2.45, 2.75) is 12.3 Å². The number of hydrogen-bond donors (Lipinski definition) is 2. The van der Waals surface area contributed by atoms with Crippen LogP contribution in [0.5, 0.6) is 11.5 Å². The molecular formula is C10H13F2NO2. The zero-order valence-corrected chi connectivity index (χ0v) is 8.34. The molecule has 3 N–H and O–H groups in total. The van der Waals surface area contributed by atoms with E-state index in [4.69, 9.17) is 10.5 Å². The second-order valence-electron chi connectivity index (χ2n) is 3.24. The van der Waals surface area contributed by atoms with Gasteiger partial charge >= 0.3 is 0 Å². The summed E-state index contributed by atoms with van der Waals surface area (Å²) in [5.41, 5.74) is 5.30. The molecule has 0 aromatic heterocycles. The number of rotatable bonds is 4. The van der Waals surface area contributed by atoms with Gasteiger partial charge in [0.25, 0.3) is 5.92 Å². The zero-order valence-electron chi connectivity index (χ0n) is 8.34. The maximum atomic E-state index is 12.9. The molecule has 84 valence electrons. The lowest BCUT2D eigenvalue weighted by molar-refractivity contribution is 0.0114. The molecule has 0 radical (unpaired) electrons. The van der Waals surface area contributed by atoms with Gasteiger partial charge in [0, 0.05) is 6.42 Å². The highest BCUT2D eigenvalue weighted by molar-refractivity contribution is 5.42. The van der Waals surface area contributed by atoms with Crippen LogP contribution in [0.3, 0.4) is 0 Å². The fourth-order valence-electron chi connectivity index (χ4n) is 1.20. The van der Waals surface area contributed by atoms with Crippen molar-refractivity contribution in [3.05, 3.63) is 23.8 Å². The largest absolute Gasteiger partial charge is 0.504 e. The summed E-state index contributed by atoms with van der Waals surface area (Å²) in [4.78, 5) is 0. The lowest BCUT2D eigenvalue weighted by Crippen LogP contribution is -2.30. The van der Waals surface area contributed by atoms with Crippen molar-refractivity contribution in [1.29, 1.82) is 0 Å². The number of aromatic hydroxyl groups is 1. The lowest BCUT2D eigenvalue weighted by Gasteiger charge is -2.14. The first-order chi connectivity index (χ1) is 6.98. The van der Waals surface area contributed by atoms with E-state index in [0.717, 1.165) is 0 Å². The minimum absolute atomic E-state index is 0.0719. The molecule has 0 atom stereocenters. The van der Waals surface area contributed by atoms with Gasteiger partial charge in [-0.15, -0.1) is 0 Å². The van der Waals surface area contributed by atoms with Crippen LogP contribution in [0.1, 0.15) is 5.56 Å². The van der Waals surface area contributed by atoms with E-state index in [1.165, 1.54) is 25.3 Å². The third-order valence-corrected chi connectivity index (χ3v) is 2.01. The summed E-state index contributed by atoms with van der Waals surface area (Å²) in [5, 5.41) is 9.25. The summed E-state index contributed by atoms with van der Waals surface area (Å²) < 4.78 is 30.7. The summed E-state index contributed by atoms with van der Waals surface area (Å²) >= 11 is 0. The second kappa shape index (κ2) is 4.44. The zero-order chi connectivity index (χ0) is 11.5. The van der Waals surface area contributed by atoms with Crippen molar-refractivity contribution in [3.63, 3.8) is 0 Å². The average molecular weight is 217 g/mol. The van der Waals surface area contributed by atoms with Crippen LogP contribution in [0.2, 0.25) is 0 Å². The molecule has 3 nitrogen and oxygen atoms in total. The van der Waals surface area contributed by atoms with Gasteiger partial charge in [-0.1, -0.05) is 6.07 Å². The lowest BCUT2D eigenvalue weighted by atomic mass is 10.1. The quantitative estimate of drug-likeness (QED) is 0.804. The summed E-state index contributed by atoms with van der Waals surface area (Å²) in [6, 6.07) is 4.11. The molecular weight excluding hydrogens is 204 g/mol. The number of phenols is 1. The number of alkyl halides is 2. The summed E-state index contributed by atoms with van der Waals surface area (Å²) in [6.07, 6.45) is -0.458. The van der Waals surface area contributed by atoms with Crippen molar-refractivity contribution in [1.82, 2.24) is 0 Å². The van der Waals surface area contributed by atoms with Crippen LogP contribution in [0.15, 0.2) is 18.2 Å². The highest BCUT2D eigenvalue weighted by Crippen LogP contribution is 2.28. The predicted molar refractivity (Wildman–Crippen MR) is 52.4 cm³/mol. The molecule has 0 amide bonds. The molecule has 15 heavy (non-hydrogen) atoms. The average Bonchev–Trinajstić information content (AvgIpc) is 2.20. The molecule has 0 spiro atoms. The van der Waals surface area contributed by atoms with Gasteiger partial charge in [-0.25, -0.2) is 8.78 Å². The Balaban J connectivity index is 2.87. The molecule has 1 aromatic carbocycles. The normalized spacial score (nSPS) is 11.5. The van der Waals surface area contributed by atoms with Crippen molar-refractivity contribution >= 4 is 0 Å². The summed E-state index contributed by atoms with van der Waals surface area (Å²) in [6.45, 7) is -0.698. The van der Waals surface area contributed by atoms with E-state index < -0.39 is 18.9 Å². The van der Waals surface area contributed by atoms with Gasteiger partial charge in [-0.05, 0) is 17.7 Å². The van der Waals surface area contributed by atoms with Gasteiger partial charge in [-0.2, -0.15) is 0 Å². The van der Waals surface area contributed by atoms with Crippen LogP contribution >= 0.6 is 0 Å². The molecule has 1 aromatic rings. The van der Waals surface area contributed by atoms with E-state index in [0.29, 0.717) is 5.56 Å². The van der Waals surface area contributed by atoms with E-state index in [2.05, 4.69) is 0 Å². The van der Waals surface area contributed by atoms with Crippen molar-refractivity contribution in [2.24, 2.45) is 5.73 Å². The Morgan fingerprint density at radius 2 is 2.13 bits per heavy atom. The van der Waals surface area contributed by atoms with E-state index >= 15 is 0 Å². The van der Waals surface area contributed by atoms with Gasteiger partial charge in [0.1, 0.15) is 0 Å². The standard InChI is InChI=1S/C10H13F2NO2/c1-15-9-4-7(2-3-8(9)14)5-10(11,12)6-13/h2-4,14H,5-6,13H2,1H3. The second-order valence-corrected chi connectivity index (χ2v) is 3.24. The Bertz CT molecular complexity index is 342. The van der Waals surface area contributed by atoms with Crippen LogP contribution in [-0.4, -0.2) is 24.7 Å². The van der Waals surface area contributed by atoms with Gasteiger partial charge in [-0.3, -0.25) is 0 Å². The third-order valence-electron chi connectivity index (χ3n) is 2.01. The third kappa shape index (κ3) is 3.06. The first-order valence-corrected chi connectivity index (χ1v) is 4.42. The number of methoxy groups -OCH3 is 1. The van der Waals surface area contributed by atoms with Gasteiger partial charge in [0.05, 0.1) is 13.7 Å². The molecule has 1 rings (SSSR count). The minimum Gasteiger partial charge on any atom is -0.504 e. The minimum atomic E-state index is -2.93. The fourth-order valence-corrected chi connectivity index (χ4v) is 1.20. The number of hydrogen-bond acceptors (Lipinski definition) is 3. The Morgan fingerprint density at radius 1 is 1.47 bits per heavy atom. The van der Waals surface area contributed by atoms with Crippen LogP contribution in [-0.2, 0) is 6.42 Å². The van der Waals surface area contributed by atoms with E-state index in [1.54, 1.807) is 0 Å². The van der Waals surface area contributed by atoms with Crippen LogP contribution in [0, 0.1) is 0 Å². The molecule has 0 saturated carbocycles. The van der Waals surface area contributed by atoms with Gasteiger partial charge in [0.15, 0.2) is 11.5 Å². The highest BCUT2D eigenvalue weighted by Gasteiger charge is 2.27. The van der Waals surface area contributed by atoms with Crippen molar-refractivity contribution in [3.8, 4) is 11.5 Å². The van der Waals surface area contributed by atoms with E-state index in [-0.39, 0.29) is 11.5 Å². The number of nitrogens with two attached hydrogens (primary N) is 1. The Kier molecular flexibility index (Phi) is 3.47.